The van der Waals surface area contributed by atoms with Crippen LogP contribution in [0.2, 0.25) is 0 Å². The van der Waals surface area contributed by atoms with Crippen molar-refractivity contribution in [3.63, 3.8) is 0 Å². The zero-order valence-corrected chi connectivity index (χ0v) is 9.15. The van der Waals surface area contributed by atoms with E-state index in [1.165, 1.54) is 12.8 Å². The molecule has 0 bridgehead atoms. The fourth-order valence-corrected chi connectivity index (χ4v) is 2.74. The van der Waals surface area contributed by atoms with Crippen LogP contribution >= 0.6 is 0 Å². The lowest BCUT2D eigenvalue weighted by Crippen LogP contribution is -2.50. The van der Waals surface area contributed by atoms with Crippen LogP contribution in [-0.4, -0.2) is 36.7 Å². The first-order chi connectivity index (χ1) is 7.33. The molecule has 1 aliphatic carbocycles. The van der Waals surface area contributed by atoms with E-state index in [1.54, 1.807) is 0 Å². The molecule has 15 heavy (non-hydrogen) atoms. The lowest BCUT2D eigenvalue weighted by atomic mass is 9.83. The summed E-state index contributed by atoms with van der Waals surface area (Å²) in [7, 11) is 0. The van der Waals surface area contributed by atoms with Crippen molar-refractivity contribution in [3.05, 3.63) is 0 Å². The monoisotopic (exact) mass is 212 g/mol. The van der Waals surface area contributed by atoms with Gasteiger partial charge in [-0.25, -0.2) is 4.79 Å². The van der Waals surface area contributed by atoms with Crippen molar-refractivity contribution in [1.29, 1.82) is 0 Å². The Hall–Kier alpha value is -0.770. The molecule has 0 aromatic heterocycles. The van der Waals surface area contributed by atoms with Gasteiger partial charge in [-0.3, -0.25) is 0 Å². The molecule has 2 aliphatic rings. The van der Waals surface area contributed by atoms with Crippen molar-refractivity contribution in [2.45, 2.75) is 38.1 Å². The van der Waals surface area contributed by atoms with Gasteiger partial charge in [-0.05, 0) is 31.7 Å². The molecule has 2 unspecified atom stereocenters. The van der Waals surface area contributed by atoms with Crippen molar-refractivity contribution in [1.82, 2.24) is 4.90 Å². The quantitative estimate of drug-likeness (QED) is 0.751. The first kappa shape index (κ1) is 10.7. The summed E-state index contributed by atoms with van der Waals surface area (Å²) in [6.07, 6.45) is 5.54. The first-order valence-corrected chi connectivity index (χ1v) is 5.96. The van der Waals surface area contributed by atoms with Crippen LogP contribution in [0.4, 0.5) is 4.79 Å². The molecule has 1 aliphatic heterocycles. The molecule has 0 radical (unpaired) electrons. The minimum atomic E-state index is -0.133. The summed E-state index contributed by atoms with van der Waals surface area (Å²) in [6.45, 7) is 2.11. The SMILES string of the molecule is NCC1CCCCC1N1CCCOC1=O. The zero-order valence-electron chi connectivity index (χ0n) is 9.15. The Balaban J connectivity index is 2.02. The molecule has 2 N–H and O–H groups in total. The summed E-state index contributed by atoms with van der Waals surface area (Å²) >= 11 is 0. The molecule has 1 saturated carbocycles. The topological polar surface area (TPSA) is 55.6 Å². The standard InChI is InChI=1S/C11H20N2O2/c12-8-9-4-1-2-5-10(9)13-6-3-7-15-11(13)14/h9-10H,1-8,12H2. The fraction of sp³-hybridized carbons (Fsp3) is 0.909. The number of carbonyl (C=O) groups excluding carboxylic acids is 1. The van der Waals surface area contributed by atoms with Crippen LogP contribution < -0.4 is 5.73 Å². The van der Waals surface area contributed by atoms with Crippen molar-refractivity contribution < 1.29 is 9.53 Å². The Morgan fingerprint density at radius 3 is 2.87 bits per heavy atom. The number of hydrogen-bond donors (Lipinski definition) is 1. The number of cyclic esters (lactones) is 1. The van der Waals surface area contributed by atoms with Gasteiger partial charge in [0.2, 0.25) is 0 Å². The van der Waals surface area contributed by atoms with Gasteiger partial charge >= 0.3 is 6.09 Å². The van der Waals surface area contributed by atoms with Gasteiger partial charge in [-0.15, -0.1) is 0 Å². The maximum Gasteiger partial charge on any atom is 0.410 e. The third-order valence-electron chi connectivity index (χ3n) is 3.58. The number of rotatable bonds is 2. The van der Waals surface area contributed by atoms with Crippen LogP contribution in [0.5, 0.6) is 0 Å². The highest BCUT2D eigenvalue weighted by Gasteiger charge is 2.34. The number of nitrogens with zero attached hydrogens (tertiary/aromatic N) is 1. The Labute approximate surface area is 90.8 Å². The fourth-order valence-electron chi connectivity index (χ4n) is 2.74. The third kappa shape index (κ3) is 2.25. The first-order valence-electron chi connectivity index (χ1n) is 5.96. The molecule has 2 fully saturated rings. The van der Waals surface area contributed by atoms with Crippen molar-refractivity contribution in [3.8, 4) is 0 Å². The van der Waals surface area contributed by atoms with Crippen LogP contribution in [0.25, 0.3) is 0 Å². The van der Waals surface area contributed by atoms with Gasteiger partial charge in [0.15, 0.2) is 0 Å². The smallest absolute Gasteiger partial charge is 0.410 e. The van der Waals surface area contributed by atoms with Gasteiger partial charge in [0.25, 0.3) is 0 Å². The molecule has 86 valence electrons. The van der Waals surface area contributed by atoms with E-state index in [4.69, 9.17) is 10.5 Å². The second-order valence-electron chi connectivity index (χ2n) is 4.51. The van der Waals surface area contributed by atoms with Crippen LogP contribution in [0.1, 0.15) is 32.1 Å². The molecular weight excluding hydrogens is 192 g/mol. The van der Waals surface area contributed by atoms with Crippen LogP contribution in [0, 0.1) is 5.92 Å². The average Bonchev–Trinajstić information content (AvgIpc) is 2.30. The van der Waals surface area contributed by atoms with E-state index >= 15 is 0 Å². The van der Waals surface area contributed by atoms with Crippen LogP contribution in [0.15, 0.2) is 0 Å². The number of ether oxygens (including phenoxy) is 1. The lowest BCUT2D eigenvalue weighted by molar-refractivity contribution is 0.0323. The van der Waals surface area contributed by atoms with Crippen LogP contribution in [0.3, 0.4) is 0 Å². The number of hydrogen-bond acceptors (Lipinski definition) is 3. The molecule has 2 rings (SSSR count). The van der Waals surface area contributed by atoms with E-state index in [9.17, 15) is 4.79 Å². The molecular formula is C11H20N2O2. The Morgan fingerprint density at radius 2 is 2.13 bits per heavy atom. The normalized spacial score (nSPS) is 32.6. The van der Waals surface area contributed by atoms with E-state index in [1.807, 2.05) is 4.90 Å². The van der Waals surface area contributed by atoms with Gasteiger partial charge in [-0.2, -0.15) is 0 Å². The minimum Gasteiger partial charge on any atom is -0.449 e. The van der Waals surface area contributed by atoms with E-state index in [0.29, 0.717) is 25.1 Å². The maximum absolute atomic E-state index is 11.6. The molecule has 0 spiro atoms. The molecule has 0 aromatic carbocycles. The van der Waals surface area contributed by atoms with E-state index < -0.39 is 0 Å². The lowest BCUT2D eigenvalue weighted by Gasteiger charge is -2.40. The van der Waals surface area contributed by atoms with Crippen molar-refractivity contribution in [2.24, 2.45) is 11.7 Å². The van der Waals surface area contributed by atoms with E-state index in [2.05, 4.69) is 0 Å². The highest BCUT2D eigenvalue weighted by molar-refractivity contribution is 5.68. The summed E-state index contributed by atoms with van der Waals surface area (Å²) in [6, 6.07) is 0.330. The van der Waals surface area contributed by atoms with Crippen molar-refractivity contribution in [2.75, 3.05) is 19.7 Å². The highest BCUT2D eigenvalue weighted by atomic mass is 16.6. The van der Waals surface area contributed by atoms with Gasteiger partial charge in [0.1, 0.15) is 0 Å². The van der Waals surface area contributed by atoms with Crippen molar-refractivity contribution >= 4 is 6.09 Å². The average molecular weight is 212 g/mol. The predicted octanol–water partition coefficient (Wildman–Crippen LogP) is 1.35. The number of carbonyl (C=O) groups is 1. The summed E-state index contributed by atoms with van der Waals surface area (Å²) < 4.78 is 5.08. The number of nitrogens with two attached hydrogens (primary N) is 1. The summed E-state index contributed by atoms with van der Waals surface area (Å²) in [4.78, 5) is 13.5. The second kappa shape index (κ2) is 4.84. The Morgan fingerprint density at radius 1 is 1.33 bits per heavy atom. The van der Waals surface area contributed by atoms with Gasteiger partial charge in [0, 0.05) is 12.6 Å². The largest absolute Gasteiger partial charge is 0.449 e. The van der Waals surface area contributed by atoms with Gasteiger partial charge < -0.3 is 15.4 Å². The molecule has 4 nitrogen and oxygen atoms in total. The molecule has 2 atom stereocenters. The molecule has 4 heteroatoms. The molecule has 0 aromatic rings. The Bertz CT molecular complexity index is 233. The molecule has 1 amide bonds. The van der Waals surface area contributed by atoms with E-state index in [-0.39, 0.29) is 6.09 Å². The predicted molar refractivity (Wildman–Crippen MR) is 57.5 cm³/mol. The summed E-state index contributed by atoms with van der Waals surface area (Å²) in [5.74, 6) is 0.476. The Kier molecular flexibility index (Phi) is 3.46. The molecule has 1 saturated heterocycles. The molecule has 1 heterocycles. The highest BCUT2D eigenvalue weighted by Crippen LogP contribution is 2.29. The second-order valence-corrected chi connectivity index (χ2v) is 4.51. The summed E-state index contributed by atoms with van der Waals surface area (Å²) in [5, 5.41) is 0. The van der Waals surface area contributed by atoms with Gasteiger partial charge in [-0.1, -0.05) is 12.8 Å². The zero-order chi connectivity index (χ0) is 10.7. The summed E-state index contributed by atoms with van der Waals surface area (Å²) in [5.41, 5.74) is 5.77. The number of amides is 1. The third-order valence-corrected chi connectivity index (χ3v) is 3.58. The van der Waals surface area contributed by atoms with Gasteiger partial charge in [0.05, 0.1) is 6.61 Å². The minimum absolute atomic E-state index is 0.133. The van der Waals surface area contributed by atoms with Crippen LogP contribution in [-0.2, 0) is 4.74 Å². The maximum atomic E-state index is 11.6. The van der Waals surface area contributed by atoms with E-state index in [0.717, 1.165) is 25.8 Å².